The fourth-order valence-corrected chi connectivity index (χ4v) is 2.51. The van der Waals surface area contributed by atoms with Crippen LogP contribution in [0.1, 0.15) is 44.6 Å². The van der Waals surface area contributed by atoms with Crippen molar-refractivity contribution in [2.45, 2.75) is 57.7 Å². The Hall–Kier alpha value is -2.56. The highest BCUT2D eigenvalue weighted by atomic mass is 16.6. The predicted octanol–water partition coefficient (Wildman–Crippen LogP) is 1.92. The fraction of sp³-hybridized carbons (Fsp3) is 0.600. The molecule has 0 aliphatic rings. The maximum Gasteiger partial charge on any atom is 0.335 e. The topological polar surface area (TPSA) is 161 Å². The van der Waals surface area contributed by atoms with Gasteiger partial charge in [0.05, 0.1) is 4.92 Å². The van der Waals surface area contributed by atoms with E-state index in [1.165, 1.54) is 37.8 Å². The third-order valence-corrected chi connectivity index (χ3v) is 4.35. The van der Waals surface area contributed by atoms with Gasteiger partial charge in [-0.1, -0.05) is 31.9 Å². The summed E-state index contributed by atoms with van der Waals surface area (Å²) in [6.07, 6.45) is 2.65. The van der Waals surface area contributed by atoms with Crippen molar-refractivity contribution in [2.75, 3.05) is 20.1 Å². The molecule has 2 unspecified atom stereocenters. The highest BCUT2D eigenvalue weighted by Crippen LogP contribution is 2.13. The van der Waals surface area contributed by atoms with Crippen LogP contribution in [0.15, 0.2) is 24.3 Å². The Kier molecular flexibility index (Phi) is 14.0. The molecule has 0 aliphatic carbocycles. The lowest BCUT2D eigenvalue weighted by atomic mass is 10.1. The van der Waals surface area contributed by atoms with Crippen molar-refractivity contribution in [3.05, 3.63) is 39.9 Å². The van der Waals surface area contributed by atoms with E-state index in [1.54, 1.807) is 12.1 Å². The highest BCUT2D eigenvalue weighted by molar-refractivity contribution is 5.83. The van der Waals surface area contributed by atoms with E-state index in [9.17, 15) is 19.7 Å². The van der Waals surface area contributed by atoms with E-state index in [1.807, 2.05) is 12.1 Å². The van der Waals surface area contributed by atoms with Gasteiger partial charge in [0.1, 0.15) is 0 Å². The van der Waals surface area contributed by atoms with E-state index in [2.05, 4.69) is 18.9 Å². The van der Waals surface area contributed by atoms with Crippen LogP contribution < -0.4 is 0 Å². The summed E-state index contributed by atoms with van der Waals surface area (Å²) in [6.45, 7) is 4.55. The number of nitro groups is 1. The SMILES string of the molecule is CCCCCN(C)CCCCc1ccc([N+](=O)[O-])cc1.O=C(O)C(O)C(O)C(=O)O. The number of hydrogen-bond acceptors (Lipinski definition) is 7. The molecule has 0 aliphatic heterocycles. The molecule has 170 valence electrons. The van der Waals surface area contributed by atoms with Crippen LogP contribution in [0.2, 0.25) is 0 Å². The van der Waals surface area contributed by atoms with Crippen LogP contribution in [-0.2, 0) is 16.0 Å². The summed E-state index contributed by atoms with van der Waals surface area (Å²) < 4.78 is 0. The first-order valence-corrected chi connectivity index (χ1v) is 9.83. The van der Waals surface area contributed by atoms with Gasteiger partial charge in [0.2, 0.25) is 0 Å². The summed E-state index contributed by atoms with van der Waals surface area (Å²) in [7, 11) is 2.18. The van der Waals surface area contributed by atoms with Gasteiger partial charge in [0.25, 0.3) is 5.69 Å². The van der Waals surface area contributed by atoms with Crippen LogP contribution >= 0.6 is 0 Å². The molecule has 1 aromatic rings. The van der Waals surface area contributed by atoms with Crippen LogP contribution in [0.25, 0.3) is 0 Å². The van der Waals surface area contributed by atoms with Crippen LogP contribution in [0, 0.1) is 10.1 Å². The van der Waals surface area contributed by atoms with Crippen molar-refractivity contribution in [3.63, 3.8) is 0 Å². The molecule has 10 nitrogen and oxygen atoms in total. The third kappa shape index (κ3) is 12.1. The number of benzene rings is 1. The maximum absolute atomic E-state index is 10.6. The smallest absolute Gasteiger partial charge is 0.335 e. The molecule has 0 fully saturated rings. The number of aliphatic hydroxyl groups is 2. The summed E-state index contributed by atoms with van der Waals surface area (Å²) in [5, 5.41) is 43.1. The number of nitrogens with zero attached hydrogens (tertiary/aromatic N) is 2. The van der Waals surface area contributed by atoms with Crippen molar-refractivity contribution >= 4 is 17.6 Å². The van der Waals surface area contributed by atoms with Crippen LogP contribution in [-0.4, -0.2) is 74.5 Å². The molecule has 0 heterocycles. The van der Waals surface area contributed by atoms with Gasteiger partial charge in [0.15, 0.2) is 12.2 Å². The third-order valence-electron chi connectivity index (χ3n) is 4.35. The Morgan fingerprint density at radius 3 is 1.83 bits per heavy atom. The Morgan fingerprint density at radius 1 is 0.967 bits per heavy atom. The van der Waals surface area contributed by atoms with Gasteiger partial charge < -0.3 is 25.3 Å². The predicted molar refractivity (Wildman–Crippen MR) is 110 cm³/mol. The number of carboxylic acid groups (broad SMARTS) is 2. The van der Waals surface area contributed by atoms with Crippen LogP contribution in [0.4, 0.5) is 5.69 Å². The molecule has 2 atom stereocenters. The van der Waals surface area contributed by atoms with E-state index < -0.39 is 24.1 Å². The second-order valence-corrected chi connectivity index (χ2v) is 6.96. The normalized spacial score (nSPS) is 12.6. The lowest BCUT2D eigenvalue weighted by Crippen LogP contribution is -2.39. The van der Waals surface area contributed by atoms with Gasteiger partial charge in [-0.2, -0.15) is 0 Å². The molecule has 1 aromatic carbocycles. The summed E-state index contributed by atoms with van der Waals surface area (Å²) in [6, 6.07) is 6.91. The van der Waals surface area contributed by atoms with Gasteiger partial charge >= 0.3 is 11.9 Å². The van der Waals surface area contributed by atoms with E-state index in [-0.39, 0.29) is 10.6 Å². The second kappa shape index (κ2) is 15.3. The van der Waals surface area contributed by atoms with E-state index in [0.717, 1.165) is 19.4 Å². The fourth-order valence-electron chi connectivity index (χ4n) is 2.51. The number of hydrogen-bond donors (Lipinski definition) is 4. The first-order chi connectivity index (χ1) is 14.1. The maximum atomic E-state index is 10.6. The molecule has 0 aromatic heterocycles. The average molecular weight is 428 g/mol. The molecule has 0 spiro atoms. The molecule has 0 saturated heterocycles. The number of non-ortho nitro benzene ring substituents is 1. The van der Waals surface area contributed by atoms with Gasteiger partial charge in [0, 0.05) is 12.1 Å². The Morgan fingerprint density at radius 2 is 1.43 bits per heavy atom. The lowest BCUT2D eigenvalue weighted by Gasteiger charge is -2.15. The molecule has 10 heteroatoms. The number of aryl methyl sites for hydroxylation is 1. The summed E-state index contributed by atoms with van der Waals surface area (Å²) >= 11 is 0. The Bertz CT molecular complexity index is 633. The molecule has 1 rings (SSSR count). The van der Waals surface area contributed by atoms with Crippen molar-refractivity contribution in [2.24, 2.45) is 0 Å². The van der Waals surface area contributed by atoms with E-state index >= 15 is 0 Å². The van der Waals surface area contributed by atoms with Crippen molar-refractivity contribution in [1.82, 2.24) is 4.90 Å². The van der Waals surface area contributed by atoms with E-state index in [4.69, 9.17) is 20.4 Å². The first-order valence-electron chi connectivity index (χ1n) is 9.83. The van der Waals surface area contributed by atoms with Crippen LogP contribution in [0.5, 0.6) is 0 Å². The lowest BCUT2D eigenvalue weighted by molar-refractivity contribution is -0.384. The highest BCUT2D eigenvalue weighted by Gasteiger charge is 2.29. The summed E-state index contributed by atoms with van der Waals surface area (Å²) in [5.41, 5.74) is 1.36. The second-order valence-electron chi connectivity index (χ2n) is 6.96. The van der Waals surface area contributed by atoms with Gasteiger partial charge in [-0.3, -0.25) is 10.1 Å². The van der Waals surface area contributed by atoms with Gasteiger partial charge in [-0.15, -0.1) is 0 Å². The minimum Gasteiger partial charge on any atom is -0.479 e. The number of unbranched alkanes of at least 4 members (excludes halogenated alkanes) is 3. The largest absolute Gasteiger partial charge is 0.479 e. The monoisotopic (exact) mass is 428 g/mol. The molecule has 0 bridgehead atoms. The van der Waals surface area contributed by atoms with Crippen molar-refractivity contribution < 1.29 is 34.9 Å². The first kappa shape index (κ1) is 27.4. The number of rotatable bonds is 13. The van der Waals surface area contributed by atoms with Crippen LogP contribution in [0.3, 0.4) is 0 Å². The standard InChI is InChI=1S/C16H26N2O2.C4H6O6/c1-3-4-6-13-17(2)14-7-5-8-15-9-11-16(12-10-15)18(19)20;5-1(3(7)8)2(6)4(9)10/h9-12H,3-8,13-14H2,1-2H3;1-2,5-6H,(H,7,8)(H,9,10). The number of aliphatic hydroxyl groups excluding tert-OH is 2. The molecule has 0 radical (unpaired) electrons. The number of carboxylic acids is 2. The summed E-state index contributed by atoms with van der Waals surface area (Å²) in [4.78, 5) is 32.1. The number of aliphatic carboxylic acids is 2. The molecular formula is C20H32N2O8. The summed E-state index contributed by atoms with van der Waals surface area (Å²) in [5.74, 6) is -3.54. The molecule has 4 N–H and O–H groups in total. The molecule has 0 amide bonds. The Balaban J connectivity index is 0.000000710. The average Bonchev–Trinajstić information content (AvgIpc) is 2.71. The van der Waals surface area contributed by atoms with E-state index in [0.29, 0.717) is 0 Å². The number of nitro benzene ring substituents is 1. The van der Waals surface area contributed by atoms with Crippen molar-refractivity contribution in [3.8, 4) is 0 Å². The minimum atomic E-state index is -2.27. The van der Waals surface area contributed by atoms with Gasteiger partial charge in [-0.05, 0) is 51.4 Å². The van der Waals surface area contributed by atoms with Gasteiger partial charge in [-0.25, -0.2) is 9.59 Å². The molecule has 0 saturated carbocycles. The number of carbonyl (C=O) groups is 2. The zero-order valence-corrected chi connectivity index (χ0v) is 17.4. The Labute approximate surface area is 175 Å². The minimum absolute atomic E-state index is 0.171. The quantitative estimate of drug-likeness (QED) is 0.209. The molecule has 30 heavy (non-hydrogen) atoms. The zero-order valence-electron chi connectivity index (χ0n) is 17.4. The van der Waals surface area contributed by atoms with Crippen molar-refractivity contribution in [1.29, 1.82) is 0 Å². The molecular weight excluding hydrogens is 396 g/mol. The zero-order chi connectivity index (χ0) is 23.1.